The second kappa shape index (κ2) is 2.91. The largest absolute Gasteiger partial charge is 0.363 e. The molecule has 1 heterocycles. The molecule has 1 rings (SSSR count). The fourth-order valence-electron chi connectivity index (χ4n) is 0.440. The molecule has 2 N–H and O–H groups in total. The number of nitrogens with zero attached hydrogens (tertiary/aromatic N) is 2. The van der Waals surface area contributed by atoms with Gasteiger partial charge < -0.3 is 5.73 Å². The Morgan fingerprint density at radius 1 is 1.50 bits per heavy atom. The predicted molar refractivity (Wildman–Crippen MR) is 43.3 cm³/mol. The van der Waals surface area contributed by atoms with E-state index in [1.165, 1.54) is 12.4 Å². The molecule has 1 amide bonds. The van der Waals surface area contributed by atoms with E-state index in [1.54, 1.807) is 0 Å². The Kier molecular flexibility index (Phi) is 2.15. The lowest BCUT2D eigenvalue weighted by molar-refractivity contribution is 0.0990. The van der Waals surface area contributed by atoms with Gasteiger partial charge >= 0.3 is 0 Å². The van der Waals surface area contributed by atoms with Crippen molar-refractivity contribution in [3.05, 3.63) is 21.8 Å². The van der Waals surface area contributed by atoms with Crippen LogP contribution in [0, 0.1) is 3.57 Å². The van der Waals surface area contributed by atoms with Crippen molar-refractivity contribution in [3.63, 3.8) is 0 Å². The Balaban J connectivity index is 3.00. The summed E-state index contributed by atoms with van der Waals surface area (Å²) >= 11 is 2.04. The number of carbonyl (C=O) groups excluding carboxylic acids is 1. The van der Waals surface area contributed by atoms with Crippen LogP contribution in [-0.2, 0) is 0 Å². The zero-order valence-electron chi connectivity index (χ0n) is 4.91. The maximum atomic E-state index is 10.4. The van der Waals surface area contributed by atoms with E-state index < -0.39 is 5.91 Å². The van der Waals surface area contributed by atoms with Crippen LogP contribution in [0.1, 0.15) is 10.6 Å². The summed E-state index contributed by atoms with van der Waals surface area (Å²) in [5.74, 6) is -0.545. The second-order valence-electron chi connectivity index (χ2n) is 1.59. The highest BCUT2D eigenvalue weighted by Crippen LogP contribution is 1.98. The van der Waals surface area contributed by atoms with Crippen molar-refractivity contribution in [1.82, 2.24) is 9.97 Å². The van der Waals surface area contributed by atoms with Gasteiger partial charge in [0.25, 0.3) is 5.91 Å². The standard InChI is InChI=1S/C5H4IN3O/c6-3-1-8-5(4(7)10)9-2-3/h1-2H,(H2,7,10). The molecule has 0 aliphatic heterocycles. The normalized spacial score (nSPS) is 9.30. The smallest absolute Gasteiger partial charge is 0.286 e. The molecule has 0 aliphatic rings. The van der Waals surface area contributed by atoms with Crippen LogP contribution in [0.4, 0.5) is 0 Å². The molecule has 0 saturated heterocycles. The molecular formula is C5H4IN3O. The quantitative estimate of drug-likeness (QED) is 0.722. The summed E-state index contributed by atoms with van der Waals surface area (Å²) in [5.41, 5.74) is 4.90. The zero-order valence-corrected chi connectivity index (χ0v) is 7.07. The Morgan fingerprint density at radius 2 is 2.00 bits per heavy atom. The first kappa shape index (κ1) is 7.39. The van der Waals surface area contributed by atoms with Crippen LogP contribution in [0.5, 0.6) is 0 Å². The molecule has 52 valence electrons. The van der Waals surface area contributed by atoms with Crippen molar-refractivity contribution in [1.29, 1.82) is 0 Å². The van der Waals surface area contributed by atoms with Gasteiger partial charge in [0, 0.05) is 16.0 Å². The zero-order chi connectivity index (χ0) is 7.56. The minimum Gasteiger partial charge on any atom is -0.363 e. The highest BCUT2D eigenvalue weighted by Gasteiger charge is 2.00. The molecule has 0 radical (unpaired) electrons. The molecular weight excluding hydrogens is 245 g/mol. The molecule has 0 aromatic carbocycles. The first-order valence-electron chi connectivity index (χ1n) is 2.47. The molecule has 1 aromatic rings. The third-order valence-corrected chi connectivity index (χ3v) is 1.40. The number of nitrogens with two attached hydrogens (primary N) is 1. The summed E-state index contributed by atoms with van der Waals surface area (Å²) in [6.07, 6.45) is 3.07. The number of hydrogen-bond acceptors (Lipinski definition) is 3. The topological polar surface area (TPSA) is 68.9 Å². The first-order valence-corrected chi connectivity index (χ1v) is 3.55. The molecule has 0 atom stereocenters. The monoisotopic (exact) mass is 249 g/mol. The maximum Gasteiger partial charge on any atom is 0.286 e. The Morgan fingerprint density at radius 3 is 2.40 bits per heavy atom. The van der Waals surface area contributed by atoms with E-state index in [1.807, 2.05) is 22.6 Å². The molecule has 0 fully saturated rings. The van der Waals surface area contributed by atoms with Gasteiger partial charge in [-0.05, 0) is 22.6 Å². The van der Waals surface area contributed by atoms with Crippen LogP contribution in [0.3, 0.4) is 0 Å². The van der Waals surface area contributed by atoms with Gasteiger partial charge in [-0.3, -0.25) is 4.79 Å². The number of hydrogen-bond donors (Lipinski definition) is 1. The molecule has 5 heteroatoms. The van der Waals surface area contributed by atoms with E-state index in [0.717, 1.165) is 3.57 Å². The van der Waals surface area contributed by atoms with E-state index in [9.17, 15) is 4.79 Å². The summed E-state index contributed by atoms with van der Waals surface area (Å²) in [6.45, 7) is 0. The summed E-state index contributed by atoms with van der Waals surface area (Å²) in [5, 5.41) is 0. The first-order chi connectivity index (χ1) is 4.70. The lowest BCUT2D eigenvalue weighted by Gasteiger charge is -1.90. The number of carbonyl (C=O) groups is 1. The van der Waals surface area contributed by atoms with E-state index in [-0.39, 0.29) is 5.82 Å². The summed E-state index contributed by atoms with van der Waals surface area (Å²) < 4.78 is 0.877. The lowest BCUT2D eigenvalue weighted by atomic mass is 10.5. The number of amides is 1. The number of aromatic nitrogens is 2. The average Bonchev–Trinajstić information content (AvgIpc) is 1.88. The van der Waals surface area contributed by atoms with Gasteiger partial charge in [-0.2, -0.15) is 0 Å². The second-order valence-corrected chi connectivity index (χ2v) is 2.83. The van der Waals surface area contributed by atoms with Crippen molar-refractivity contribution >= 4 is 28.5 Å². The van der Waals surface area contributed by atoms with Crippen molar-refractivity contribution in [3.8, 4) is 0 Å². The van der Waals surface area contributed by atoms with Crippen LogP contribution in [0.2, 0.25) is 0 Å². The van der Waals surface area contributed by atoms with E-state index in [0.29, 0.717) is 0 Å². The molecule has 0 spiro atoms. The minimum atomic E-state index is -0.601. The van der Waals surface area contributed by atoms with Gasteiger partial charge in [0.1, 0.15) is 0 Å². The molecule has 10 heavy (non-hydrogen) atoms. The van der Waals surface area contributed by atoms with Crippen molar-refractivity contribution in [2.75, 3.05) is 0 Å². The van der Waals surface area contributed by atoms with Crippen LogP contribution >= 0.6 is 22.6 Å². The third-order valence-electron chi connectivity index (χ3n) is 0.841. The Labute approximate surface area is 71.0 Å². The third kappa shape index (κ3) is 1.63. The number of primary amides is 1. The van der Waals surface area contributed by atoms with Crippen LogP contribution in [-0.4, -0.2) is 15.9 Å². The van der Waals surface area contributed by atoms with Gasteiger partial charge in [0.2, 0.25) is 5.82 Å². The van der Waals surface area contributed by atoms with Crippen LogP contribution in [0.25, 0.3) is 0 Å². The number of halogens is 1. The van der Waals surface area contributed by atoms with E-state index in [2.05, 4.69) is 9.97 Å². The van der Waals surface area contributed by atoms with Crippen LogP contribution in [0.15, 0.2) is 12.4 Å². The highest BCUT2D eigenvalue weighted by molar-refractivity contribution is 14.1. The fraction of sp³-hybridized carbons (Fsp3) is 0. The summed E-state index contributed by atoms with van der Waals surface area (Å²) in [6, 6.07) is 0. The van der Waals surface area contributed by atoms with Gasteiger partial charge in [-0.25, -0.2) is 9.97 Å². The van der Waals surface area contributed by atoms with Gasteiger partial charge in [0.05, 0.1) is 0 Å². The highest BCUT2D eigenvalue weighted by atomic mass is 127. The van der Waals surface area contributed by atoms with Crippen molar-refractivity contribution in [2.45, 2.75) is 0 Å². The Hall–Kier alpha value is -0.720. The SMILES string of the molecule is NC(=O)c1ncc(I)cn1. The molecule has 4 nitrogen and oxygen atoms in total. The minimum absolute atomic E-state index is 0.0559. The average molecular weight is 249 g/mol. The van der Waals surface area contributed by atoms with Gasteiger partial charge in [-0.15, -0.1) is 0 Å². The van der Waals surface area contributed by atoms with E-state index in [4.69, 9.17) is 5.73 Å². The van der Waals surface area contributed by atoms with Gasteiger partial charge in [0.15, 0.2) is 0 Å². The Bertz CT molecular complexity index is 246. The molecule has 0 unspecified atom stereocenters. The predicted octanol–water partition coefficient (Wildman–Crippen LogP) is 0.180. The number of rotatable bonds is 1. The van der Waals surface area contributed by atoms with Gasteiger partial charge in [-0.1, -0.05) is 0 Å². The van der Waals surface area contributed by atoms with Crippen molar-refractivity contribution in [2.24, 2.45) is 5.73 Å². The fourth-order valence-corrected chi connectivity index (χ4v) is 0.718. The molecule has 0 aliphatic carbocycles. The molecule has 0 bridgehead atoms. The summed E-state index contributed by atoms with van der Waals surface area (Å²) in [7, 11) is 0. The molecule has 0 saturated carbocycles. The van der Waals surface area contributed by atoms with E-state index >= 15 is 0 Å². The lowest BCUT2D eigenvalue weighted by Crippen LogP contribution is -2.14. The van der Waals surface area contributed by atoms with Crippen LogP contribution < -0.4 is 5.73 Å². The van der Waals surface area contributed by atoms with Crippen molar-refractivity contribution < 1.29 is 4.79 Å². The molecule has 1 aromatic heterocycles. The maximum absolute atomic E-state index is 10.4. The summed E-state index contributed by atoms with van der Waals surface area (Å²) in [4.78, 5) is 17.8.